The normalized spacial score (nSPS) is 13.4. The average Bonchev–Trinajstić information content (AvgIpc) is 3.29. The van der Waals surface area contributed by atoms with Crippen molar-refractivity contribution in [3.8, 4) is 0 Å². The van der Waals surface area contributed by atoms with Gasteiger partial charge in [0.2, 0.25) is 0 Å². The number of aliphatic imine (C=N–C) groups is 1. The Morgan fingerprint density at radius 2 is 2.21 bits per heavy atom. The third kappa shape index (κ3) is 6.74. The lowest BCUT2D eigenvalue weighted by Crippen LogP contribution is -2.39. The molecular weight excluding hydrogens is 495 g/mol. The van der Waals surface area contributed by atoms with Crippen molar-refractivity contribution in [3.63, 3.8) is 0 Å². The van der Waals surface area contributed by atoms with E-state index in [1.54, 1.807) is 26.0 Å². The molecule has 0 aliphatic rings. The van der Waals surface area contributed by atoms with Crippen LogP contribution in [-0.2, 0) is 4.74 Å². The van der Waals surface area contributed by atoms with Gasteiger partial charge in [-0.2, -0.15) is 0 Å². The number of hydrogen-bond acceptors (Lipinski definition) is 7. The summed E-state index contributed by atoms with van der Waals surface area (Å²) in [6, 6.07) is 3.26. The molecule has 10 heteroatoms. The molecule has 0 saturated heterocycles. The van der Waals surface area contributed by atoms with Crippen LogP contribution < -0.4 is 10.6 Å². The number of aliphatic hydroxyl groups is 1. The number of halogens is 1. The number of hydrogen-bond donors (Lipinski definition) is 3. The van der Waals surface area contributed by atoms with Gasteiger partial charge in [-0.25, -0.2) is 9.78 Å². The van der Waals surface area contributed by atoms with Crippen LogP contribution in [0.25, 0.3) is 0 Å². The largest absolute Gasteiger partial charge is 0.467 e. The minimum Gasteiger partial charge on any atom is -0.467 e. The van der Waals surface area contributed by atoms with E-state index in [9.17, 15) is 9.90 Å². The maximum Gasteiger partial charge on any atom is 0.350 e. The summed E-state index contributed by atoms with van der Waals surface area (Å²) in [5.41, 5.74) is 0.650. The maximum atomic E-state index is 12.0. The van der Waals surface area contributed by atoms with Crippen molar-refractivity contribution in [2.75, 3.05) is 19.7 Å². The Morgan fingerprint density at radius 3 is 2.82 bits per heavy atom. The summed E-state index contributed by atoms with van der Waals surface area (Å²) < 4.78 is 10.2. The van der Waals surface area contributed by atoms with Gasteiger partial charge in [-0.1, -0.05) is 0 Å². The highest BCUT2D eigenvalue weighted by atomic mass is 127. The maximum absolute atomic E-state index is 12.0. The van der Waals surface area contributed by atoms with E-state index in [0.717, 1.165) is 5.01 Å². The van der Waals surface area contributed by atoms with Crippen LogP contribution in [0.5, 0.6) is 0 Å². The number of rotatable bonds is 8. The summed E-state index contributed by atoms with van der Waals surface area (Å²) in [5.74, 6) is 0.659. The molecule has 2 heterocycles. The van der Waals surface area contributed by atoms with Gasteiger partial charge in [0.25, 0.3) is 0 Å². The molecule has 8 nitrogen and oxygen atoms in total. The molecule has 2 aromatic heterocycles. The summed E-state index contributed by atoms with van der Waals surface area (Å²) >= 11 is 1.30. The summed E-state index contributed by atoms with van der Waals surface area (Å²) in [4.78, 5) is 21.4. The van der Waals surface area contributed by atoms with Gasteiger partial charge < -0.3 is 24.9 Å². The first-order chi connectivity index (χ1) is 13.0. The quantitative estimate of drug-likeness (QED) is 0.212. The number of nitrogens with zero attached hydrogens (tertiary/aromatic N) is 2. The number of aromatic nitrogens is 1. The first kappa shape index (κ1) is 24.4. The van der Waals surface area contributed by atoms with Crippen molar-refractivity contribution < 1.29 is 19.1 Å². The molecule has 0 aromatic carbocycles. The number of nitrogens with one attached hydrogen (secondary N) is 2. The van der Waals surface area contributed by atoms with Crippen molar-refractivity contribution in [2.45, 2.75) is 39.8 Å². The molecule has 0 radical (unpaired) electrons. The number of aliphatic hydroxyl groups excluding tert-OH is 1. The molecule has 2 aromatic rings. The zero-order valence-corrected chi connectivity index (χ0v) is 19.5. The van der Waals surface area contributed by atoms with Gasteiger partial charge in [-0.05, 0) is 39.8 Å². The second-order valence-electron chi connectivity index (χ2n) is 5.80. The van der Waals surface area contributed by atoms with Gasteiger partial charge in [0.15, 0.2) is 5.96 Å². The van der Waals surface area contributed by atoms with E-state index < -0.39 is 6.10 Å². The molecule has 2 atom stereocenters. The molecule has 2 rings (SSSR count). The van der Waals surface area contributed by atoms with E-state index in [1.807, 2.05) is 13.8 Å². The number of aryl methyl sites for hydroxylation is 1. The van der Waals surface area contributed by atoms with Crippen LogP contribution in [0.4, 0.5) is 0 Å². The van der Waals surface area contributed by atoms with Gasteiger partial charge in [-0.15, -0.1) is 35.3 Å². The van der Waals surface area contributed by atoms with Crippen LogP contribution in [-0.4, -0.2) is 41.7 Å². The van der Waals surface area contributed by atoms with Crippen LogP contribution in [0.15, 0.2) is 27.8 Å². The van der Waals surface area contributed by atoms with Crippen LogP contribution >= 0.6 is 35.3 Å². The Morgan fingerprint density at radius 1 is 1.46 bits per heavy atom. The molecule has 2 unspecified atom stereocenters. The number of carbonyl (C=O) groups excluding carboxylic acids is 1. The second-order valence-corrected chi connectivity index (χ2v) is 6.83. The fourth-order valence-electron chi connectivity index (χ4n) is 2.32. The number of guanidine groups is 1. The van der Waals surface area contributed by atoms with Crippen molar-refractivity contribution >= 4 is 47.2 Å². The van der Waals surface area contributed by atoms with E-state index in [1.165, 1.54) is 17.6 Å². The number of ether oxygens (including phenoxy) is 1. The van der Waals surface area contributed by atoms with E-state index in [0.29, 0.717) is 35.4 Å². The van der Waals surface area contributed by atoms with Crippen LogP contribution in [0.3, 0.4) is 0 Å². The Balaban J connectivity index is 0.00000392. The minimum absolute atomic E-state index is 0. The number of esters is 1. The molecule has 0 bridgehead atoms. The van der Waals surface area contributed by atoms with E-state index in [2.05, 4.69) is 20.6 Å². The second kappa shape index (κ2) is 12.0. The average molecular weight is 522 g/mol. The molecule has 0 aliphatic carbocycles. The molecule has 3 N–H and O–H groups in total. The van der Waals surface area contributed by atoms with E-state index in [4.69, 9.17) is 9.15 Å². The van der Waals surface area contributed by atoms with Crippen molar-refractivity contribution in [1.82, 2.24) is 15.6 Å². The van der Waals surface area contributed by atoms with E-state index >= 15 is 0 Å². The number of carbonyl (C=O) groups is 1. The fourth-order valence-corrected chi connectivity index (χ4v) is 3.29. The molecule has 0 amide bonds. The summed E-state index contributed by atoms with van der Waals surface area (Å²) in [6.45, 7) is 8.60. The first-order valence-electron chi connectivity index (χ1n) is 8.86. The lowest BCUT2D eigenvalue weighted by molar-refractivity contribution is 0.0531. The predicted molar refractivity (Wildman–Crippen MR) is 119 cm³/mol. The molecular formula is C18H27IN4O4S. The smallest absolute Gasteiger partial charge is 0.350 e. The van der Waals surface area contributed by atoms with Gasteiger partial charge >= 0.3 is 5.97 Å². The summed E-state index contributed by atoms with van der Waals surface area (Å²) in [6.07, 6.45) is 0.697. The molecule has 156 valence electrons. The zero-order valence-electron chi connectivity index (χ0n) is 16.4. The Hall–Kier alpha value is -1.66. The Kier molecular flexibility index (Phi) is 10.5. The first-order valence-corrected chi connectivity index (χ1v) is 9.68. The SMILES string of the molecule is CCNC(=NCC(O)c1ccco1)NC(C)c1nc(C)c(C(=O)OCC)s1.I. The summed E-state index contributed by atoms with van der Waals surface area (Å²) in [5, 5.41) is 17.2. The molecule has 0 spiro atoms. The van der Waals surface area contributed by atoms with Gasteiger partial charge in [0.1, 0.15) is 21.7 Å². The topological polar surface area (TPSA) is 109 Å². The van der Waals surface area contributed by atoms with Gasteiger partial charge in [0.05, 0.1) is 31.2 Å². The van der Waals surface area contributed by atoms with Crippen LogP contribution in [0.1, 0.15) is 59.1 Å². The molecule has 0 saturated carbocycles. The zero-order chi connectivity index (χ0) is 19.8. The highest BCUT2D eigenvalue weighted by Gasteiger charge is 2.20. The monoisotopic (exact) mass is 522 g/mol. The van der Waals surface area contributed by atoms with Crippen molar-refractivity contribution in [1.29, 1.82) is 0 Å². The Labute approximate surface area is 185 Å². The van der Waals surface area contributed by atoms with Crippen molar-refractivity contribution in [2.24, 2.45) is 4.99 Å². The molecule has 28 heavy (non-hydrogen) atoms. The minimum atomic E-state index is -0.816. The highest BCUT2D eigenvalue weighted by molar-refractivity contribution is 14.0. The highest BCUT2D eigenvalue weighted by Crippen LogP contribution is 2.24. The third-order valence-corrected chi connectivity index (χ3v) is 4.96. The summed E-state index contributed by atoms with van der Waals surface area (Å²) in [7, 11) is 0. The third-order valence-electron chi connectivity index (χ3n) is 3.64. The molecule has 0 aliphatic heterocycles. The van der Waals surface area contributed by atoms with Gasteiger partial charge in [0, 0.05) is 6.54 Å². The van der Waals surface area contributed by atoms with Crippen molar-refractivity contribution in [3.05, 3.63) is 39.7 Å². The van der Waals surface area contributed by atoms with Gasteiger partial charge in [-0.3, -0.25) is 4.99 Å². The van der Waals surface area contributed by atoms with Crippen LogP contribution in [0, 0.1) is 6.92 Å². The predicted octanol–water partition coefficient (Wildman–Crippen LogP) is 3.19. The molecule has 0 fully saturated rings. The van der Waals surface area contributed by atoms with E-state index in [-0.39, 0.29) is 42.5 Å². The lowest BCUT2D eigenvalue weighted by atomic mass is 10.3. The Bertz CT molecular complexity index is 764. The lowest BCUT2D eigenvalue weighted by Gasteiger charge is -2.16. The number of thiazole rings is 1. The van der Waals surface area contributed by atoms with Crippen LogP contribution in [0.2, 0.25) is 0 Å². The standard InChI is InChI=1S/C18H26N4O4S.HI/c1-5-19-18(20-10-13(23)14-8-7-9-26-14)22-12(4)16-21-11(3)15(27-16)17(24)25-6-2;/h7-9,12-13,23H,5-6,10H2,1-4H3,(H2,19,20,22);1H. The number of furan rings is 1. The fraction of sp³-hybridized carbons (Fsp3) is 0.500.